The minimum atomic E-state index is -0.310. The lowest BCUT2D eigenvalue weighted by Gasteiger charge is -2.08. The largest absolute Gasteiger partial charge is 0.305 e. The van der Waals surface area contributed by atoms with Crippen molar-refractivity contribution in [2.24, 2.45) is 0 Å². The van der Waals surface area contributed by atoms with Crippen molar-refractivity contribution in [1.29, 1.82) is 5.26 Å². The van der Waals surface area contributed by atoms with Gasteiger partial charge in [-0.05, 0) is 24.3 Å². The fourth-order valence-electron chi connectivity index (χ4n) is 1.97. The highest BCUT2D eigenvalue weighted by Gasteiger charge is 2.16. The summed E-state index contributed by atoms with van der Waals surface area (Å²) in [5.74, 6) is 0.511. The number of nitrogens with one attached hydrogen (secondary N) is 1. The van der Waals surface area contributed by atoms with Gasteiger partial charge in [0.15, 0.2) is 11.6 Å². The minimum absolute atomic E-state index is 0.273. The molecule has 0 radical (unpaired) electrons. The zero-order valence-corrected chi connectivity index (χ0v) is 11.5. The molecule has 0 aliphatic heterocycles. The third kappa shape index (κ3) is 2.55. The Morgan fingerprint density at radius 2 is 1.91 bits per heavy atom. The van der Waals surface area contributed by atoms with Gasteiger partial charge in [-0.2, -0.15) is 15.0 Å². The van der Waals surface area contributed by atoms with Gasteiger partial charge in [0.25, 0.3) is 5.91 Å². The first-order valence-electron chi connectivity index (χ1n) is 6.55. The Morgan fingerprint density at radius 1 is 1.14 bits per heavy atom. The van der Waals surface area contributed by atoms with Gasteiger partial charge < -0.3 is 5.32 Å². The molecule has 6 nitrogen and oxygen atoms in total. The predicted molar refractivity (Wildman–Crippen MR) is 80.5 cm³/mol. The van der Waals surface area contributed by atoms with Crippen molar-refractivity contribution in [2.75, 3.05) is 5.32 Å². The molecule has 3 aromatic rings. The van der Waals surface area contributed by atoms with Gasteiger partial charge in [0.2, 0.25) is 0 Å². The summed E-state index contributed by atoms with van der Waals surface area (Å²) in [6.45, 7) is 0. The Hall–Kier alpha value is -3.46. The van der Waals surface area contributed by atoms with Gasteiger partial charge in [0.05, 0.1) is 6.20 Å². The fraction of sp³-hybridized carbons (Fsp3) is 0. The van der Waals surface area contributed by atoms with Gasteiger partial charge in [-0.3, -0.25) is 4.79 Å². The van der Waals surface area contributed by atoms with Crippen LogP contribution in [0.5, 0.6) is 0 Å². The second-order valence-corrected chi connectivity index (χ2v) is 4.44. The number of hydrogen-bond donors (Lipinski definition) is 1. The first-order chi connectivity index (χ1) is 10.8. The molecular formula is C16H11N5O. The summed E-state index contributed by atoms with van der Waals surface area (Å²) in [5, 5.41) is 16.0. The van der Waals surface area contributed by atoms with E-state index in [1.807, 2.05) is 12.1 Å². The first-order valence-corrected chi connectivity index (χ1v) is 6.55. The Kier molecular flexibility index (Phi) is 3.62. The van der Waals surface area contributed by atoms with Gasteiger partial charge in [-0.1, -0.05) is 24.3 Å². The third-order valence-electron chi connectivity index (χ3n) is 3.02. The van der Waals surface area contributed by atoms with Gasteiger partial charge in [0, 0.05) is 11.8 Å². The monoisotopic (exact) mass is 289 g/mol. The average molecular weight is 289 g/mol. The van der Waals surface area contributed by atoms with Crippen LogP contribution in [-0.4, -0.2) is 20.7 Å². The van der Waals surface area contributed by atoms with E-state index < -0.39 is 0 Å². The molecule has 0 fully saturated rings. The lowest BCUT2D eigenvalue weighted by atomic mass is 10.2. The van der Waals surface area contributed by atoms with Gasteiger partial charge in [-0.15, -0.1) is 0 Å². The molecule has 0 spiro atoms. The molecule has 1 aromatic carbocycles. The van der Waals surface area contributed by atoms with Gasteiger partial charge >= 0.3 is 0 Å². The molecule has 22 heavy (non-hydrogen) atoms. The molecule has 1 N–H and O–H groups in total. The second-order valence-electron chi connectivity index (χ2n) is 4.44. The molecule has 0 saturated carbocycles. The number of nitriles is 1. The molecule has 106 valence electrons. The SMILES string of the molecule is N#Cc1cnn(-c2ccccn2)c1NC(=O)c1ccccc1. The Labute approximate surface area is 126 Å². The molecule has 0 unspecified atom stereocenters. The molecule has 0 aliphatic rings. The Bertz CT molecular complexity index is 834. The van der Waals surface area contributed by atoms with Crippen molar-refractivity contribution in [1.82, 2.24) is 14.8 Å². The van der Waals surface area contributed by atoms with Gasteiger partial charge in [0.1, 0.15) is 11.6 Å². The number of hydrogen-bond acceptors (Lipinski definition) is 4. The number of carbonyl (C=O) groups is 1. The summed E-state index contributed by atoms with van der Waals surface area (Å²) < 4.78 is 1.43. The van der Waals surface area contributed by atoms with Crippen LogP contribution in [0.1, 0.15) is 15.9 Å². The van der Waals surface area contributed by atoms with E-state index in [2.05, 4.69) is 15.4 Å². The second kappa shape index (κ2) is 5.89. The van der Waals surface area contributed by atoms with Crippen LogP contribution in [0.25, 0.3) is 5.82 Å². The molecular weight excluding hydrogens is 278 g/mol. The highest BCUT2D eigenvalue weighted by Crippen LogP contribution is 2.19. The van der Waals surface area contributed by atoms with E-state index in [1.54, 1.807) is 48.7 Å². The Morgan fingerprint density at radius 3 is 2.59 bits per heavy atom. The maximum atomic E-state index is 12.3. The van der Waals surface area contributed by atoms with E-state index >= 15 is 0 Å². The number of nitrogens with zero attached hydrogens (tertiary/aromatic N) is 4. The predicted octanol–water partition coefficient (Wildman–Crippen LogP) is 2.39. The van der Waals surface area contributed by atoms with E-state index in [9.17, 15) is 10.1 Å². The van der Waals surface area contributed by atoms with Gasteiger partial charge in [-0.25, -0.2) is 4.98 Å². The zero-order chi connectivity index (χ0) is 15.4. The molecule has 1 amide bonds. The number of amides is 1. The highest BCUT2D eigenvalue weighted by atomic mass is 16.1. The van der Waals surface area contributed by atoms with E-state index in [0.717, 1.165) is 0 Å². The van der Waals surface area contributed by atoms with E-state index in [1.165, 1.54) is 10.9 Å². The van der Waals surface area contributed by atoms with Crippen LogP contribution in [0.4, 0.5) is 5.82 Å². The Balaban J connectivity index is 1.98. The quantitative estimate of drug-likeness (QED) is 0.802. The third-order valence-corrected chi connectivity index (χ3v) is 3.02. The van der Waals surface area contributed by atoms with Crippen LogP contribution >= 0.6 is 0 Å². The number of benzene rings is 1. The molecule has 0 atom stereocenters. The number of aromatic nitrogens is 3. The molecule has 0 saturated heterocycles. The molecule has 2 aromatic heterocycles. The van der Waals surface area contributed by atoms with Crippen molar-refractivity contribution in [3.05, 3.63) is 72.1 Å². The topological polar surface area (TPSA) is 83.6 Å². The lowest BCUT2D eigenvalue weighted by molar-refractivity contribution is 0.102. The number of pyridine rings is 1. The first kappa shape index (κ1) is 13.5. The minimum Gasteiger partial charge on any atom is -0.305 e. The standard InChI is InChI=1S/C16H11N5O/c17-10-13-11-19-21(14-8-4-5-9-18-14)15(13)20-16(22)12-6-2-1-3-7-12/h1-9,11H,(H,20,22). The van der Waals surface area contributed by atoms with E-state index in [-0.39, 0.29) is 11.5 Å². The maximum absolute atomic E-state index is 12.3. The van der Waals surface area contributed by atoms with Crippen molar-refractivity contribution in [3.8, 4) is 11.9 Å². The number of anilines is 1. The summed E-state index contributed by atoms with van der Waals surface area (Å²) in [6.07, 6.45) is 3.02. The van der Waals surface area contributed by atoms with Crippen LogP contribution in [0.2, 0.25) is 0 Å². The maximum Gasteiger partial charge on any atom is 0.256 e. The van der Waals surface area contributed by atoms with Crippen LogP contribution in [0, 0.1) is 11.3 Å². The molecule has 0 bridgehead atoms. The summed E-state index contributed by atoms with van der Waals surface area (Å²) in [6, 6.07) is 16.1. The van der Waals surface area contributed by atoms with E-state index in [0.29, 0.717) is 17.2 Å². The van der Waals surface area contributed by atoms with E-state index in [4.69, 9.17) is 0 Å². The summed E-state index contributed by atoms with van der Waals surface area (Å²) in [5.41, 5.74) is 0.773. The van der Waals surface area contributed by atoms with Crippen molar-refractivity contribution in [2.45, 2.75) is 0 Å². The summed E-state index contributed by atoms with van der Waals surface area (Å²) in [7, 11) is 0. The summed E-state index contributed by atoms with van der Waals surface area (Å²) >= 11 is 0. The average Bonchev–Trinajstić information content (AvgIpc) is 2.99. The normalized spacial score (nSPS) is 9.95. The van der Waals surface area contributed by atoms with Crippen molar-refractivity contribution in [3.63, 3.8) is 0 Å². The fourth-order valence-corrected chi connectivity index (χ4v) is 1.97. The number of carbonyl (C=O) groups excluding carboxylic acids is 1. The smallest absolute Gasteiger partial charge is 0.256 e. The molecule has 0 aliphatic carbocycles. The van der Waals surface area contributed by atoms with Crippen LogP contribution in [0.15, 0.2) is 60.9 Å². The van der Waals surface area contributed by atoms with Crippen molar-refractivity contribution < 1.29 is 4.79 Å². The molecule has 6 heteroatoms. The van der Waals surface area contributed by atoms with Crippen LogP contribution in [0.3, 0.4) is 0 Å². The lowest BCUT2D eigenvalue weighted by Crippen LogP contribution is -2.16. The van der Waals surface area contributed by atoms with Crippen LogP contribution < -0.4 is 5.32 Å². The zero-order valence-electron chi connectivity index (χ0n) is 11.5. The summed E-state index contributed by atoms with van der Waals surface area (Å²) in [4.78, 5) is 16.5. The highest BCUT2D eigenvalue weighted by molar-refractivity contribution is 6.04. The van der Waals surface area contributed by atoms with Crippen LogP contribution in [-0.2, 0) is 0 Å². The molecule has 3 rings (SSSR count). The van der Waals surface area contributed by atoms with Crippen molar-refractivity contribution >= 4 is 11.7 Å². The molecule has 2 heterocycles. The number of rotatable bonds is 3.